The molecule has 1 atom stereocenters. The molecule has 7 heteroatoms. The van der Waals surface area contributed by atoms with Crippen molar-refractivity contribution in [2.75, 3.05) is 12.8 Å². The van der Waals surface area contributed by atoms with Crippen molar-refractivity contribution in [1.29, 1.82) is 0 Å². The Morgan fingerprint density at radius 1 is 1.31 bits per heavy atom. The summed E-state index contributed by atoms with van der Waals surface area (Å²) in [5.41, 5.74) is 2.67. The summed E-state index contributed by atoms with van der Waals surface area (Å²) in [6, 6.07) is 11.6. The zero-order valence-corrected chi connectivity index (χ0v) is 16.3. The first-order valence-corrected chi connectivity index (χ1v) is 9.49. The van der Waals surface area contributed by atoms with Crippen LogP contribution in [0, 0.1) is 5.82 Å². The van der Waals surface area contributed by atoms with Crippen LogP contribution in [0.5, 0.6) is 0 Å². The number of carbonyl (C=O) groups is 1. The summed E-state index contributed by atoms with van der Waals surface area (Å²) in [6.07, 6.45) is 0. The van der Waals surface area contributed by atoms with Gasteiger partial charge in [-0.1, -0.05) is 35.5 Å². The van der Waals surface area contributed by atoms with E-state index in [9.17, 15) is 9.18 Å². The van der Waals surface area contributed by atoms with Gasteiger partial charge in [-0.05, 0) is 42.8 Å². The molecule has 0 saturated heterocycles. The Hall–Kier alpha value is -2.05. The van der Waals surface area contributed by atoms with Crippen LogP contribution in [0.1, 0.15) is 18.5 Å². The van der Waals surface area contributed by atoms with Gasteiger partial charge < -0.3 is 9.47 Å². The topological polar surface area (TPSA) is 38.1 Å². The number of benzene rings is 2. The minimum Gasteiger partial charge on any atom is -0.338 e. The highest BCUT2D eigenvalue weighted by molar-refractivity contribution is 7.99. The molecule has 0 spiro atoms. The van der Waals surface area contributed by atoms with Crippen LogP contribution in [0.4, 0.5) is 4.39 Å². The number of amides is 1. The molecule has 1 aromatic heterocycles. The van der Waals surface area contributed by atoms with Crippen LogP contribution in [-0.4, -0.2) is 33.2 Å². The number of fused-ring (bicyclic) bond motifs is 1. The van der Waals surface area contributed by atoms with E-state index in [1.165, 1.54) is 23.9 Å². The number of imidazole rings is 1. The molecule has 2 aromatic carbocycles. The van der Waals surface area contributed by atoms with E-state index in [2.05, 4.69) is 4.98 Å². The Morgan fingerprint density at radius 3 is 2.69 bits per heavy atom. The molecular formula is C19H19ClFN3OS. The number of halogens is 2. The first-order valence-electron chi connectivity index (χ1n) is 8.12. The van der Waals surface area contributed by atoms with E-state index >= 15 is 0 Å². The predicted molar refractivity (Wildman–Crippen MR) is 104 cm³/mol. The molecule has 0 fully saturated rings. The molecule has 0 aliphatic heterocycles. The Balaban J connectivity index is 1.68. The summed E-state index contributed by atoms with van der Waals surface area (Å²) in [7, 11) is 3.67. The van der Waals surface area contributed by atoms with E-state index in [4.69, 9.17) is 11.6 Å². The molecule has 4 nitrogen and oxygen atoms in total. The minimum absolute atomic E-state index is 0.0167. The predicted octanol–water partition coefficient (Wildman–Crippen LogP) is 4.68. The van der Waals surface area contributed by atoms with E-state index in [0.29, 0.717) is 5.02 Å². The summed E-state index contributed by atoms with van der Waals surface area (Å²) in [5.74, 6) is -0.0308. The highest BCUT2D eigenvalue weighted by Crippen LogP contribution is 2.26. The fourth-order valence-corrected chi connectivity index (χ4v) is 3.77. The molecule has 3 rings (SSSR count). The molecule has 26 heavy (non-hydrogen) atoms. The van der Waals surface area contributed by atoms with Crippen molar-refractivity contribution in [2.45, 2.75) is 18.1 Å². The van der Waals surface area contributed by atoms with Crippen molar-refractivity contribution < 1.29 is 9.18 Å². The smallest absolute Gasteiger partial charge is 0.233 e. The van der Waals surface area contributed by atoms with Crippen molar-refractivity contribution in [3.05, 3.63) is 58.9 Å². The lowest BCUT2D eigenvalue weighted by atomic mass is 10.1. The van der Waals surface area contributed by atoms with Crippen LogP contribution in [0.25, 0.3) is 11.0 Å². The summed E-state index contributed by atoms with van der Waals surface area (Å²) < 4.78 is 15.0. The third-order valence-electron chi connectivity index (χ3n) is 4.45. The van der Waals surface area contributed by atoms with Gasteiger partial charge in [0.15, 0.2) is 5.16 Å². The molecule has 1 unspecified atom stereocenters. The maximum absolute atomic E-state index is 13.1. The number of aryl methyl sites for hydroxylation is 1. The second-order valence-corrected chi connectivity index (χ2v) is 7.49. The number of nitrogens with zero attached hydrogens (tertiary/aromatic N) is 3. The zero-order valence-electron chi connectivity index (χ0n) is 14.7. The molecule has 0 bridgehead atoms. The standard InChI is InChI=1S/C19H19ClFN3OS/c1-12(13-4-7-15(21)8-5-13)23(2)18(25)11-26-19-22-16-10-14(20)6-9-17(16)24(19)3/h4-10,12H,11H2,1-3H3. The first-order chi connectivity index (χ1) is 12.4. The summed E-state index contributed by atoms with van der Waals surface area (Å²) in [5, 5.41) is 1.40. The molecule has 136 valence electrons. The number of hydrogen-bond acceptors (Lipinski definition) is 3. The van der Waals surface area contributed by atoms with Gasteiger partial charge >= 0.3 is 0 Å². The molecule has 0 saturated carbocycles. The lowest BCUT2D eigenvalue weighted by Gasteiger charge is -2.25. The molecule has 0 aliphatic carbocycles. The van der Waals surface area contributed by atoms with Gasteiger partial charge in [-0.3, -0.25) is 4.79 Å². The lowest BCUT2D eigenvalue weighted by Crippen LogP contribution is -2.31. The van der Waals surface area contributed by atoms with E-state index in [0.717, 1.165) is 21.8 Å². The van der Waals surface area contributed by atoms with Crippen molar-refractivity contribution in [3.8, 4) is 0 Å². The summed E-state index contributed by atoms with van der Waals surface area (Å²) in [6.45, 7) is 1.92. The van der Waals surface area contributed by atoms with Crippen LogP contribution >= 0.6 is 23.4 Å². The normalized spacial score (nSPS) is 12.3. The van der Waals surface area contributed by atoms with E-state index in [1.54, 1.807) is 24.1 Å². The van der Waals surface area contributed by atoms with Gasteiger partial charge in [0.05, 0.1) is 22.8 Å². The van der Waals surface area contributed by atoms with Gasteiger partial charge in [-0.2, -0.15) is 0 Å². The van der Waals surface area contributed by atoms with Gasteiger partial charge in [0.25, 0.3) is 0 Å². The highest BCUT2D eigenvalue weighted by Gasteiger charge is 2.19. The third-order valence-corrected chi connectivity index (χ3v) is 5.70. The average Bonchev–Trinajstić information content (AvgIpc) is 2.94. The fourth-order valence-electron chi connectivity index (χ4n) is 2.69. The molecule has 0 aliphatic rings. The van der Waals surface area contributed by atoms with Crippen LogP contribution in [0.15, 0.2) is 47.6 Å². The molecule has 3 aromatic rings. The molecule has 0 N–H and O–H groups in total. The Kier molecular flexibility index (Phi) is 5.53. The second kappa shape index (κ2) is 7.68. The Bertz CT molecular complexity index is 942. The third kappa shape index (κ3) is 3.86. The molecular weight excluding hydrogens is 373 g/mol. The van der Waals surface area contributed by atoms with Crippen molar-refractivity contribution in [1.82, 2.24) is 14.5 Å². The number of rotatable bonds is 5. The fraction of sp³-hybridized carbons (Fsp3) is 0.263. The highest BCUT2D eigenvalue weighted by atomic mass is 35.5. The maximum atomic E-state index is 13.1. The van der Waals surface area contributed by atoms with Crippen LogP contribution in [0.3, 0.4) is 0 Å². The second-order valence-electron chi connectivity index (χ2n) is 6.11. The van der Waals surface area contributed by atoms with Gasteiger partial charge in [0.1, 0.15) is 5.82 Å². The van der Waals surface area contributed by atoms with Crippen LogP contribution < -0.4 is 0 Å². The largest absolute Gasteiger partial charge is 0.338 e. The van der Waals surface area contributed by atoms with Crippen LogP contribution in [-0.2, 0) is 11.8 Å². The lowest BCUT2D eigenvalue weighted by molar-refractivity contribution is -0.128. The SMILES string of the molecule is CC(c1ccc(F)cc1)N(C)C(=O)CSc1nc2cc(Cl)ccc2n1C. The van der Waals surface area contributed by atoms with Gasteiger partial charge in [-0.15, -0.1) is 0 Å². The minimum atomic E-state index is -0.285. The van der Waals surface area contributed by atoms with Crippen molar-refractivity contribution >= 4 is 40.3 Å². The number of aromatic nitrogens is 2. The summed E-state index contributed by atoms with van der Waals surface area (Å²) in [4.78, 5) is 18.8. The zero-order chi connectivity index (χ0) is 18.8. The van der Waals surface area contributed by atoms with E-state index < -0.39 is 0 Å². The molecule has 1 amide bonds. The number of hydrogen-bond donors (Lipinski definition) is 0. The van der Waals surface area contributed by atoms with Gasteiger partial charge in [0, 0.05) is 19.1 Å². The first kappa shape index (κ1) is 18.7. The molecule has 0 radical (unpaired) electrons. The van der Waals surface area contributed by atoms with E-state index in [1.807, 2.05) is 36.7 Å². The van der Waals surface area contributed by atoms with E-state index in [-0.39, 0.29) is 23.5 Å². The quantitative estimate of drug-likeness (QED) is 0.593. The number of thioether (sulfide) groups is 1. The van der Waals surface area contributed by atoms with Gasteiger partial charge in [-0.25, -0.2) is 9.37 Å². The molecule has 1 heterocycles. The average molecular weight is 392 g/mol. The van der Waals surface area contributed by atoms with Crippen molar-refractivity contribution in [2.24, 2.45) is 7.05 Å². The Labute approximate surface area is 161 Å². The summed E-state index contributed by atoms with van der Waals surface area (Å²) >= 11 is 7.40. The number of carbonyl (C=O) groups excluding carboxylic acids is 1. The van der Waals surface area contributed by atoms with Gasteiger partial charge in [0.2, 0.25) is 5.91 Å². The monoisotopic (exact) mass is 391 g/mol. The Morgan fingerprint density at radius 2 is 2.00 bits per heavy atom. The van der Waals surface area contributed by atoms with Crippen LogP contribution in [0.2, 0.25) is 5.02 Å². The van der Waals surface area contributed by atoms with Crippen molar-refractivity contribution in [3.63, 3.8) is 0 Å². The maximum Gasteiger partial charge on any atom is 0.233 e.